The Morgan fingerprint density at radius 1 is 1.54 bits per heavy atom. The number of pyridine rings is 1. The van der Waals surface area contributed by atoms with E-state index in [1.165, 1.54) is 0 Å². The zero-order valence-electron chi connectivity index (χ0n) is 7.61. The van der Waals surface area contributed by atoms with E-state index in [1.54, 1.807) is 13.1 Å². The monoisotopic (exact) mass is 174 g/mol. The van der Waals surface area contributed by atoms with Crippen molar-refractivity contribution in [3.05, 3.63) is 30.1 Å². The molecule has 2 aromatic rings. The fourth-order valence-electron chi connectivity index (χ4n) is 1.33. The highest BCUT2D eigenvalue weighted by molar-refractivity contribution is 5.96. The first-order valence-corrected chi connectivity index (χ1v) is 4.10. The van der Waals surface area contributed by atoms with Crippen LogP contribution in [0.2, 0.25) is 0 Å². The number of hydrogen-bond acceptors (Lipinski definition) is 2. The van der Waals surface area contributed by atoms with E-state index < -0.39 is 0 Å². The topological polar surface area (TPSA) is 34.9 Å². The van der Waals surface area contributed by atoms with Crippen molar-refractivity contribution in [1.82, 2.24) is 9.55 Å². The number of ketones is 1. The van der Waals surface area contributed by atoms with E-state index in [-0.39, 0.29) is 5.78 Å². The second kappa shape index (κ2) is 2.69. The molecule has 0 aliphatic carbocycles. The molecule has 0 spiro atoms. The SMILES string of the molecule is CC(=O)c1cnc2ccn(C)c2c1. The van der Waals surface area contributed by atoms with Crippen molar-refractivity contribution >= 4 is 16.8 Å². The van der Waals surface area contributed by atoms with E-state index in [0.717, 1.165) is 11.0 Å². The van der Waals surface area contributed by atoms with Gasteiger partial charge in [0.25, 0.3) is 0 Å². The molecular formula is C10H10N2O. The maximum absolute atomic E-state index is 11.1. The van der Waals surface area contributed by atoms with Crippen LogP contribution in [0.5, 0.6) is 0 Å². The lowest BCUT2D eigenvalue weighted by molar-refractivity contribution is 0.101. The maximum Gasteiger partial charge on any atom is 0.161 e. The third kappa shape index (κ3) is 1.22. The summed E-state index contributed by atoms with van der Waals surface area (Å²) < 4.78 is 1.95. The molecule has 13 heavy (non-hydrogen) atoms. The van der Waals surface area contributed by atoms with Crippen molar-refractivity contribution in [2.45, 2.75) is 6.92 Å². The van der Waals surface area contributed by atoms with Gasteiger partial charge in [-0.25, -0.2) is 0 Å². The molecule has 66 valence electrons. The Morgan fingerprint density at radius 3 is 3.00 bits per heavy atom. The predicted molar refractivity (Wildman–Crippen MR) is 50.7 cm³/mol. The first-order chi connectivity index (χ1) is 6.18. The summed E-state index contributed by atoms with van der Waals surface area (Å²) in [6.45, 7) is 1.55. The van der Waals surface area contributed by atoms with E-state index >= 15 is 0 Å². The Bertz CT molecular complexity index is 471. The van der Waals surface area contributed by atoms with Crippen molar-refractivity contribution in [2.75, 3.05) is 0 Å². The molecule has 0 fully saturated rings. The number of carbonyl (C=O) groups is 1. The van der Waals surface area contributed by atoms with Crippen LogP contribution in [0.3, 0.4) is 0 Å². The van der Waals surface area contributed by atoms with E-state index in [1.807, 2.05) is 29.9 Å². The van der Waals surface area contributed by atoms with Crippen LogP contribution in [-0.4, -0.2) is 15.3 Å². The molecule has 0 aliphatic rings. The fraction of sp³-hybridized carbons (Fsp3) is 0.200. The lowest BCUT2D eigenvalue weighted by Gasteiger charge is -1.97. The highest BCUT2D eigenvalue weighted by atomic mass is 16.1. The van der Waals surface area contributed by atoms with Gasteiger partial charge in [-0.05, 0) is 19.1 Å². The first-order valence-electron chi connectivity index (χ1n) is 4.10. The van der Waals surface area contributed by atoms with Crippen LogP contribution in [0.15, 0.2) is 24.5 Å². The molecule has 0 saturated carbocycles. The standard InChI is InChI=1S/C10H10N2O/c1-7(13)8-5-10-9(11-6-8)3-4-12(10)2/h3-6H,1-2H3. The van der Waals surface area contributed by atoms with Gasteiger partial charge in [-0.2, -0.15) is 0 Å². The molecule has 2 heterocycles. The molecule has 3 nitrogen and oxygen atoms in total. The molecule has 0 radical (unpaired) electrons. The maximum atomic E-state index is 11.1. The number of hydrogen-bond donors (Lipinski definition) is 0. The van der Waals surface area contributed by atoms with Gasteiger partial charge in [0, 0.05) is 25.0 Å². The van der Waals surface area contributed by atoms with Crippen LogP contribution in [0.25, 0.3) is 11.0 Å². The van der Waals surface area contributed by atoms with Crippen molar-refractivity contribution in [3.8, 4) is 0 Å². The third-order valence-electron chi connectivity index (χ3n) is 2.14. The first kappa shape index (κ1) is 7.98. The number of carbonyl (C=O) groups excluding carboxylic acids is 1. The van der Waals surface area contributed by atoms with Gasteiger partial charge in [-0.1, -0.05) is 0 Å². The zero-order chi connectivity index (χ0) is 9.42. The minimum atomic E-state index is 0.0515. The number of nitrogens with zero attached hydrogens (tertiary/aromatic N) is 2. The van der Waals surface area contributed by atoms with Crippen LogP contribution < -0.4 is 0 Å². The summed E-state index contributed by atoms with van der Waals surface area (Å²) in [5.74, 6) is 0.0515. The second-order valence-corrected chi connectivity index (χ2v) is 3.11. The normalized spacial score (nSPS) is 10.6. The Balaban J connectivity index is 2.72. The lowest BCUT2D eigenvalue weighted by Crippen LogP contribution is -1.94. The molecule has 2 aromatic heterocycles. The average Bonchev–Trinajstić information content (AvgIpc) is 2.47. The van der Waals surface area contributed by atoms with E-state index in [0.29, 0.717) is 5.56 Å². The number of Topliss-reactive ketones (excluding diaryl/α,β-unsaturated/α-hetero) is 1. The van der Waals surface area contributed by atoms with Gasteiger partial charge in [0.15, 0.2) is 5.78 Å². The Kier molecular flexibility index (Phi) is 1.65. The summed E-state index contributed by atoms with van der Waals surface area (Å²) in [6.07, 6.45) is 3.55. The van der Waals surface area contributed by atoms with Crippen molar-refractivity contribution in [1.29, 1.82) is 0 Å². The van der Waals surface area contributed by atoms with Crippen LogP contribution >= 0.6 is 0 Å². The number of aromatic nitrogens is 2. The number of rotatable bonds is 1. The van der Waals surface area contributed by atoms with Gasteiger partial charge < -0.3 is 4.57 Å². The summed E-state index contributed by atoms with van der Waals surface area (Å²) in [4.78, 5) is 15.3. The summed E-state index contributed by atoms with van der Waals surface area (Å²) in [5.41, 5.74) is 2.58. The number of fused-ring (bicyclic) bond motifs is 1. The molecule has 0 N–H and O–H groups in total. The van der Waals surface area contributed by atoms with Gasteiger partial charge in [-0.15, -0.1) is 0 Å². The van der Waals surface area contributed by atoms with Gasteiger partial charge in [-0.3, -0.25) is 9.78 Å². The highest BCUT2D eigenvalue weighted by Crippen LogP contribution is 2.13. The fourth-order valence-corrected chi connectivity index (χ4v) is 1.33. The van der Waals surface area contributed by atoms with Crippen LogP contribution in [-0.2, 0) is 7.05 Å². The summed E-state index contributed by atoms with van der Waals surface area (Å²) >= 11 is 0. The van der Waals surface area contributed by atoms with Crippen LogP contribution in [0.1, 0.15) is 17.3 Å². The molecule has 0 aliphatic heterocycles. The zero-order valence-corrected chi connectivity index (χ0v) is 7.61. The minimum absolute atomic E-state index is 0.0515. The van der Waals surface area contributed by atoms with Gasteiger partial charge >= 0.3 is 0 Å². The highest BCUT2D eigenvalue weighted by Gasteiger charge is 2.03. The summed E-state index contributed by atoms with van der Waals surface area (Å²) in [7, 11) is 1.94. The Labute approximate surface area is 76.0 Å². The van der Waals surface area contributed by atoms with Gasteiger partial charge in [0.2, 0.25) is 0 Å². The third-order valence-corrected chi connectivity index (χ3v) is 2.14. The number of aryl methyl sites for hydroxylation is 1. The quantitative estimate of drug-likeness (QED) is 0.617. The van der Waals surface area contributed by atoms with E-state index in [9.17, 15) is 4.79 Å². The van der Waals surface area contributed by atoms with Crippen molar-refractivity contribution in [2.24, 2.45) is 7.05 Å². The molecular weight excluding hydrogens is 164 g/mol. The average molecular weight is 174 g/mol. The molecule has 0 aromatic carbocycles. The van der Waals surface area contributed by atoms with Crippen molar-refractivity contribution < 1.29 is 4.79 Å². The summed E-state index contributed by atoms with van der Waals surface area (Å²) in [5, 5.41) is 0. The molecule has 3 heteroatoms. The smallest absolute Gasteiger partial charge is 0.161 e. The second-order valence-electron chi connectivity index (χ2n) is 3.11. The molecule has 2 rings (SSSR count). The molecule has 0 bridgehead atoms. The predicted octanol–water partition coefficient (Wildman–Crippen LogP) is 1.78. The Hall–Kier alpha value is -1.64. The Morgan fingerprint density at radius 2 is 2.31 bits per heavy atom. The van der Waals surface area contributed by atoms with Crippen LogP contribution in [0, 0.1) is 0 Å². The lowest BCUT2D eigenvalue weighted by atomic mass is 10.2. The van der Waals surface area contributed by atoms with Crippen LogP contribution in [0.4, 0.5) is 0 Å². The van der Waals surface area contributed by atoms with E-state index in [4.69, 9.17) is 0 Å². The molecule has 0 unspecified atom stereocenters. The van der Waals surface area contributed by atoms with Crippen molar-refractivity contribution in [3.63, 3.8) is 0 Å². The minimum Gasteiger partial charge on any atom is -0.349 e. The molecule has 0 amide bonds. The summed E-state index contributed by atoms with van der Waals surface area (Å²) in [6, 6.07) is 3.80. The largest absolute Gasteiger partial charge is 0.349 e. The van der Waals surface area contributed by atoms with Gasteiger partial charge in [0.05, 0.1) is 11.0 Å². The van der Waals surface area contributed by atoms with Gasteiger partial charge in [0.1, 0.15) is 0 Å². The molecule has 0 atom stereocenters. The molecule has 0 saturated heterocycles. The van der Waals surface area contributed by atoms with E-state index in [2.05, 4.69) is 4.98 Å².